The molecule has 0 amide bonds. The monoisotopic (exact) mass is 636 g/mol. The molecule has 1 unspecified atom stereocenters. The van der Waals surface area contributed by atoms with Gasteiger partial charge >= 0.3 is 0 Å². The van der Waals surface area contributed by atoms with Gasteiger partial charge in [-0.15, -0.1) is 12.6 Å². The molecule has 36 heavy (non-hydrogen) atoms. The highest BCUT2D eigenvalue weighted by atomic mass is 127. The summed E-state index contributed by atoms with van der Waals surface area (Å²) in [4.78, 5) is 12.2. The van der Waals surface area contributed by atoms with Crippen molar-refractivity contribution in [2.24, 2.45) is 0 Å². The number of hydrogen-bond acceptors (Lipinski definition) is 1. The Hall–Kier alpha value is 0.750. The predicted molar refractivity (Wildman–Crippen MR) is 176 cm³/mol. The quantitative estimate of drug-likeness (QED) is 0.0359. The smallest absolute Gasteiger partial charge is 0.201 e. The molecule has 0 heterocycles. The van der Waals surface area contributed by atoms with Gasteiger partial charge in [-0.25, -0.2) is 0 Å². The Morgan fingerprint density at radius 2 is 0.639 bits per heavy atom. The minimum absolute atomic E-state index is 0.108. The Balaban J connectivity index is 3.54. The molecule has 0 aromatic carbocycles. The van der Waals surface area contributed by atoms with Crippen LogP contribution in [0.5, 0.6) is 0 Å². The van der Waals surface area contributed by atoms with Crippen LogP contribution < -0.4 is 0 Å². The molecule has 0 aliphatic carbocycles. The zero-order valence-corrected chi connectivity index (χ0v) is 27.8. The summed E-state index contributed by atoms with van der Waals surface area (Å²) < 4.78 is -0.226. The summed E-state index contributed by atoms with van der Waals surface area (Å²) >= 11 is 6.70. The number of hydrogen-bond donors (Lipinski definition) is 1. The number of rotatable bonds is 30. The molecule has 216 valence electrons. The van der Waals surface area contributed by atoms with Gasteiger partial charge in [0.1, 0.15) is 0 Å². The summed E-state index contributed by atoms with van der Waals surface area (Å²) in [6.45, 7) is 4.58. The number of alkyl halides is 1. The number of carbonyl (C=O) groups is 1. The summed E-state index contributed by atoms with van der Waals surface area (Å²) in [5, 5.41) is 0.108. The summed E-state index contributed by atoms with van der Waals surface area (Å²) in [6.07, 6.45) is 39.4. The van der Waals surface area contributed by atoms with Crippen molar-refractivity contribution in [2.45, 2.75) is 203 Å². The van der Waals surface area contributed by atoms with E-state index in [4.69, 9.17) is 0 Å². The van der Waals surface area contributed by atoms with E-state index in [9.17, 15) is 4.79 Å². The second-order valence-electron chi connectivity index (χ2n) is 11.6. The first-order valence-corrected chi connectivity index (χ1v) is 18.0. The Labute approximate surface area is 247 Å². The molecule has 0 spiro atoms. The summed E-state index contributed by atoms with van der Waals surface area (Å²) in [7, 11) is 0. The Kier molecular flexibility index (Phi) is 29.3. The molecule has 1 nitrogen and oxygen atoms in total. The third-order valence-electron chi connectivity index (χ3n) is 7.99. The lowest BCUT2D eigenvalue weighted by atomic mass is 9.94. The first-order chi connectivity index (χ1) is 17.6. The van der Waals surface area contributed by atoms with Gasteiger partial charge in [0.15, 0.2) is 0 Å². The highest BCUT2D eigenvalue weighted by Crippen LogP contribution is 2.34. The van der Waals surface area contributed by atoms with Crippen molar-refractivity contribution >= 4 is 40.3 Å². The summed E-state index contributed by atoms with van der Waals surface area (Å²) in [6, 6.07) is 0. The molecular weight excluding hydrogens is 571 g/mol. The minimum Gasteiger partial charge on any atom is -0.286 e. The molecule has 3 heteroatoms. The lowest BCUT2D eigenvalue weighted by Crippen LogP contribution is -2.28. The van der Waals surface area contributed by atoms with Crippen LogP contribution in [0.4, 0.5) is 0 Å². The Bertz CT molecular complexity index is 455. The molecular formula is C33H65IOS. The van der Waals surface area contributed by atoms with E-state index in [1.54, 1.807) is 0 Å². The van der Waals surface area contributed by atoms with Gasteiger partial charge in [-0.3, -0.25) is 4.79 Å². The van der Waals surface area contributed by atoms with Crippen LogP contribution in [-0.2, 0) is 4.79 Å². The zero-order valence-electron chi connectivity index (χ0n) is 24.7. The summed E-state index contributed by atoms with van der Waals surface area (Å²) in [5.41, 5.74) is 0. The molecule has 0 saturated heterocycles. The lowest BCUT2D eigenvalue weighted by molar-refractivity contribution is -0.112. The second-order valence-corrected chi connectivity index (χ2v) is 14.1. The third-order valence-corrected chi connectivity index (χ3v) is 10.4. The molecule has 0 aliphatic rings. The number of halogens is 1. The van der Waals surface area contributed by atoms with Gasteiger partial charge in [0.05, 0.1) is 3.42 Å². The van der Waals surface area contributed by atoms with Crippen LogP contribution in [0.3, 0.4) is 0 Å². The topological polar surface area (TPSA) is 17.1 Å². The molecule has 0 fully saturated rings. The van der Waals surface area contributed by atoms with Gasteiger partial charge in [0, 0.05) is 0 Å². The van der Waals surface area contributed by atoms with Gasteiger partial charge in [-0.1, -0.05) is 210 Å². The van der Waals surface area contributed by atoms with Crippen molar-refractivity contribution in [2.75, 3.05) is 0 Å². The first-order valence-electron chi connectivity index (χ1n) is 16.5. The highest BCUT2D eigenvalue weighted by Gasteiger charge is 2.31. The maximum absolute atomic E-state index is 12.2. The molecule has 0 saturated carbocycles. The average Bonchev–Trinajstić information content (AvgIpc) is 2.87. The molecule has 1 atom stereocenters. The Morgan fingerprint density at radius 1 is 0.444 bits per heavy atom. The van der Waals surface area contributed by atoms with Gasteiger partial charge in [-0.2, -0.15) is 0 Å². The molecule has 0 bridgehead atoms. The normalized spacial score (nSPS) is 13.2. The van der Waals surface area contributed by atoms with E-state index < -0.39 is 0 Å². The predicted octanol–water partition coefficient (Wildman–Crippen LogP) is 13.0. The minimum atomic E-state index is -0.226. The maximum Gasteiger partial charge on any atom is 0.201 e. The van der Waals surface area contributed by atoms with Gasteiger partial charge in [0.25, 0.3) is 0 Å². The third kappa shape index (κ3) is 25.1. The van der Waals surface area contributed by atoms with Crippen molar-refractivity contribution in [3.05, 3.63) is 0 Å². The second kappa shape index (κ2) is 28.8. The van der Waals surface area contributed by atoms with Gasteiger partial charge < -0.3 is 0 Å². The number of unbranched alkanes of at least 4 members (excludes halogenated alkanes) is 25. The molecule has 0 aliphatic heterocycles. The average molecular weight is 637 g/mol. The van der Waals surface area contributed by atoms with Crippen molar-refractivity contribution in [3.63, 3.8) is 0 Å². The van der Waals surface area contributed by atoms with Gasteiger partial charge in [0.2, 0.25) is 5.12 Å². The number of thiol groups is 1. The van der Waals surface area contributed by atoms with Crippen LogP contribution in [0.1, 0.15) is 200 Å². The van der Waals surface area contributed by atoms with E-state index in [-0.39, 0.29) is 8.54 Å². The first kappa shape index (κ1) is 36.8. The van der Waals surface area contributed by atoms with E-state index in [0.29, 0.717) is 0 Å². The molecule has 0 N–H and O–H groups in total. The SMILES string of the molecule is CCCCCCCCCCCCCCCCCCC(I)(CCCCCCCCCCCCC)C(=O)S. The van der Waals surface area contributed by atoms with E-state index in [2.05, 4.69) is 49.1 Å². The largest absolute Gasteiger partial charge is 0.286 e. The molecule has 0 aromatic heterocycles. The maximum atomic E-state index is 12.2. The fourth-order valence-corrected chi connectivity index (χ4v) is 6.35. The Morgan fingerprint density at radius 3 is 0.833 bits per heavy atom. The van der Waals surface area contributed by atoms with Crippen LogP contribution in [0, 0.1) is 0 Å². The fourth-order valence-electron chi connectivity index (χ4n) is 5.36. The van der Waals surface area contributed by atoms with Crippen LogP contribution in [-0.4, -0.2) is 8.54 Å². The zero-order chi connectivity index (χ0) is 26.6. The van der Waals surface area contributed by atoms with E-state index in [0.717, 1.165) is 12.8 Å². The highest BCUT2D eigenvalue weighted by molar-refractivity contribution is 14.1. The van der Waals surface area contributed by atoms with Crippen LogP contribution in [0.15, 0.2) is 0 Å². The van der Waals surface area contributed by atoms with Crippen molar-refractivity contribution in [1.29, 1.82) is 0 Å². The van der Waals surface area contributed by atoms with E-state index >= 15 is 0 Å². The van der Waals surface area contributed by atoms with Crippen LogP contribution in [0.25, 0.3) is 0 Å². The molecule has 0 rings (SSSR count). The van der Waals surface area contributed by atoms with Crippen LogP contribution >= 0.6 is 35.2 Å². The van der Waals surface area contributed by atoms with E-state index in [1.807, 2.05) is 0 Å². The van der Waals surface area contributed by atoms with Crippen molar-refractivity contribution in [3.8, 4) is 0 Å². The number of carbonyl (C=O) groups excluding carboxylic acids is 1. The lowest BCUT2D eigenvalue weighted by Gasteiger charge is -2.24. The fraction of sp³-hybridized carbons (Fsp3) is 0.970. The van der Waals surface area contributed by atoms with E-state index in [1.165, 1.54) is 173 Å². The molecule has 0 radical (unpaired) electrons. The van der Waals surface area contributed by atoms with Crippen molar-refractivity contribution < 1.29 is 4.79 Å². The molecule has 0 aromatic rings. The van der Waals surface area contributed by atoms with Crippen molar-refractivity contribution in [1.82, 2.24) is 0 Å². The van der Waals surface area contributed by atoms with Gasteiger partial charge in [-0.05, 0) is 12.8 Å². The summed E-state index contributed by atoms with van der Waals surface area (Å²) in [5.74, 6) is 0. The standard InChI is InChI=1S/C33H65IOS/c1-3-5-7-9-11-13-15-16-17-18-19-21-23-25-27-29-31-33(34,32(35)36)30-28-26-24-22-20-14-12-10-8-6-4-2/h3-31H2,1-2H3,(H,35,36). The van der Waals surface area contributed by atoms with Crippen LogP contribution in [0.2, 0.25) is 0 Å².